The molecular weight excluding hydrogens is 377 g/mol. The Labute approximate surface area is 165 Å². The zero-order chi connectivity index (χ0) is 19.8. The molecule has 29 heavy (non-hydrogen) atoms. The van der Waals surface area contributed by atoms with Crippen LogP contribution in [-0.2, 0) is 4.79 Å². The molecule has 1 amide bonds. The molecule has 5 rings (SSSR count). The van der Waals surface area contributed by atoms with Crippen LogP contribution in [0.3, 0.4) is 0 Å². The van der Waals surface area contributed by atoms with Crippen LogP contribution in [-0.4, -0.2) is 50.0 Å². The fraction of sp³-hybridized carbons (Fsp3) is 0.316. The second-order valence-corrected chi connectivity index (χ2v) is 7.15. The summed E-state index contributed by atoms with van der Waals surface area (Å²) in [6.07, 6.45) is 3.83. The summed E-state index contributed by atoms with van der Waals surface area (Å²) >= 11 is 0. The van der Waals surface area contributed by atoms with E-state index in [9.17, 15) is 9.18 Å². The van der Waals surface area contributed by atoms with Crippen LogP contribution < -0.4 is 10.9 Å². The number of hydrogen-bond acceptors (Lipinski definition) is 8. The highest BCUT2D eigenvalue weighted by molar-refractivity contribution is 5.83. The van der Waals surface area contributed by atoms with Crippen LogP contribution in [0.2, 0.25) is 0 Å². The zero-order valence-corrected chi connectivity index (χ0v) is 15.3. The van der Waals surface area contributed by atoms with Gasteiger partial charge in [0.15, 0.2) is 0 Å². The van der Waals surface area contributed by atoms with E-state index in [1.165, 1.54) is 12.1 Å². The summed E-state index contributed by atoms with van der Waals surface area (Å²) in [5.41, 5.74) is 7.10. The van der Waals surface area contributed by atoms with Gasteiger partial charge in [0, 0.05) is 31.5 Å². The first-order valence-electron chi connectivity index (χ1n) is 9.33. The molecule has 0 bridgehead atoms. The second kappa shape index (κ2) is 7.30. The van der Waals surface area contributed by atoms with Crippen molar-refractivity contribution >= 4 is 5.91 Å². The topological polar surface area (TPSA) is 109 Å². The summed E-state index contributed by atoms with van der Waals surface area (Å²) in [7, 11) is 0. The van der Waals surface area contributed by atoms with Crippen LogP contribution in [0.1, 0.15) is 29.8 Å². The van der Waals surface area contributed by atoms with Crippen LogP contribution >= 0.6 is 0 Å². The summed E-state index contributed by atoms with van der Waals surface area (Å²) in [5.74, 6) is 0.979. The molecule has 0 spiro atoms. The van der Waals surface area contributed by atoms with Crippen molar-refractivity contribution in [2.45, 2.75) is 24.4 Å². The summed E-state index contributed by atoms with van der Waals surface area (Å²) < 4.78 is 18.4. The number of benzene rings is 1. The highest BCUT2D eigenvalue weighted by atomic mass is 19.1. The number of rotatable bonds is 4. The standard InChI is InChI=1S/C19H18FN7O2/c20-13-4-2-11(3-5-13)14-8-15(25-24-14)19(28)27-9-12(10-27)18-23-17(26-29-18)16-21-6-1-7-22-16/h1-7,12,14-15,24-25H,8-10H2. The van der Waals surface area contributed by atoms with Gasteiger partial charge in [-0.25, -0.2) is 25.2 Å². The maximum absolute atomic E-state index is 13.1. The van der Waals surface area contributed by atoms with Gasteiger partial charge in [-0.3, -0.25) is 4.79 Å². The summed E-state index contributed by atoms with van der Waals surface area (Å²) in [4.78, 5) is 27.1. The van der Waals surface area contributed by atoms with Crippen molar-refractivity contribution in [2.75, 3.05) is 13.1 Å². The molecule has 4 heterocycles. The third-order valence-corrected chi connectivity index (χ3v) is 5.22. The van der Waals surface area contributed by atoms with E-state index in [0.717, 1.165) is 5.56 Å². The van der Waals surface area contributed by atoms with E-state index >= 15 is 0 Å². The number of amides is 1. The normalized spacial score (nSPS) is 21.9. The van der Waals surface area contributed by atoms with Crippen molar-refractivity contribution in [3.05, 3.63) is 60.0 Å². The number of hydrazine groups is 1. The Morgan fingerprint density at radius 3 is 2.62 bits per heavy atom. The van der Waals surface area contributed by atoms with E-state index < -0.39 is 0 Å². The average molecular weight is 395 g/mol. The van der Waals surface area contributed by atoms with E-state index in [1.807, 2.05) is 0 Å². The molecule has 2 N–H and O–H groups in total. The van der Waals surface area contributed by atoms with Crippen molar-refractivity contribution in [3.63, 3.8) is 0 Å². The summed E-state index contributed by atoms with van der Waals surface area (Å²) in [6, 6.07) is 7.65. The smallest absolute Gasteiger partial charge is 0.241 e. The fourth-order valence-corrected chi connectivity index (χ4v) is 3.57. The van der Waals surface area contributed by atoms with Crippen LogP contribution in [0.5, 0.6) is 0 Å². The Balaban J connectivity index is 1.17. The molecule has 0 radical (unpaired) electrons. The van der Waals surface area contributed by atoms with Gasteiger partial charge in [0.25, 0.3) is 0 Å². The second-order valence-electron chi connectivity index (χ2n) is 7.15. The predicted molar refractivity (Wildman–Crippen MR) is 98.5 cm³/mol. The first-order valence-corrected chi connectivity index (χ1v) is 9.33. The minimum Gasteiger partial charge on any atom is -0.340 e. The molecule has 2 unspecified atom stereocenters. The highest BCUT2D eigenvalue weighted by Crippen LogP contribution is 2.30. The van der Waals surface area contributed by atoms with Crippen LogP contribution in [0.25, 0.3) is 11.6 Å². The fourth-order valence-electron chi connectivity index (χ4n) is 3.57. The van der Waals surface area contributed by atoms with Gasteiger partial charge in [-0.05, 0) is 30.2 Å². The van der Waals surface area contributed by atoms with Crippen LogP contribution in [0.4, 0.5) is 4.39 Å². The first-order chi connectivity index (χ1) is 14.2. The molecule has 10 heteroatoms. The van der Waals surface area contributed by atoms with Crippen LogP contribution in [0.15, 0.2) is 47.2 Å². The van der Waals surface area contributed by atoms with Gasteiger partial charge in [-0.2, -0.15) is 4.98 Å². The van der Waals surface area contributed by atoms with Crippen molar-refractivity contribution in [1.29, 1.82) is 0 Å². The number of nitrogens with zero attached hydrogens (tertiary/aromatic N) is 5. The van der Waals surface area contributed by atoms with E-state index in [4.69, 9.17) is 4.52 Å². The number of aromatic nitrogens is 4. The number of halogens is 1. The average Bonchev–Trinajstić information content (AvgIpc) is 3.38. The van der Waals surface area contributed by atoms with Gasteiger partial charge in [-0.15, -0.1) is 0 Å². The Morgan fingerprint density at radius 1 is 1.10 bits per heavy atom. The Morgan fingerprint density at radius 2 is 1.86 bits per heavy atom. The predicted octanol–water partition coefficient (Wildman–Crippen LogP) is 1.20. The summed E-state index contributed by atoms with van der Waals surface area (Å²) in [6.45, 7) is 1.05. The molecule has 0 saturated carbocycles. The Hall–Kier alpha value is -3.24. The quantitative estimate of drug-likeness (QED) is 0.678. The van der Waals surface area contributed by atoms with E-state index in [1.54, 1.807) is 35.5 Å². The maximum Gasteiger partial charge on any atom is 0.241 e. The van der Waals surface area contributed by atoms with Crippen molar-refractivity contribution in [1.82, 2.24) is 35.9 Å². The molecular formula is C19H18FN7O2. The molecule has 2 aliphatic rings. The molecule has 1 aromatic carbocycles. The minimum absolute atomic E-state index is 0.00571. The van der Waals surface area contributed by atoms with Gasteiger partial charge in [0.05, 0.1) is 5.92 Å². The van der Waals surface area contributed by atoms with Gasteiger partial charge in [-0.1, -0.05) is 17.3 Å². The molecule has 0 aliphatic carbocycles. The lowest BCUT2D eigenvalue weighted by Crippen LogP contribution is -2.54. The molecule has 2 aromatic heterocycles. The lowest BCUT2D eigenvalue weighted by atomic mass is 9.96. The molecule has 3 aromatic rings. The first kappa shape index (κ1) is 17.8. The SMILES string of the molecule is O=C(C1CC(c2ccc(F)cc2)NN1)N1CC(c2nc(-c3ncccn3)no2)C1. The zero-order valence-electron chi connectivity index (χ0n) is 15.3. The van der Waals surface area contributed by atoms with Gasteiger partial charge in [0.2, 0.25) is 23.4 Å². The van der Waals surface area contributed by atoms with Crippen molar-refractivity contribution < 1.29 is 13.7 Å². The monoisotopic (exact) mass is 395 g/mol. The van der Waals surface area contributed by atoms with Gasteiger partial charge >= 0.3 is 0 Å². The van der Waals surface area contributed by atoms with Gasteiger partial charge < -0.3 is 9.42 Å². The molecule has 2 atom stereocenters. The lowest BCUT2D eigenvalue weighted by molar-refractivity contribution is -0.138. The van der Waals surface area contributed by atoms with E-state index in [0.29, 0.717) is 37.0 Å². The Kier molecular flexibility index (Phi) is 4.49. The number of nitrogens with one attached hydrogen (secondary N) is 2. The van der Waals surface area contributed by atoms with E-state index in [2.05, 4.69) is 31.0 Å². The third kappa shape index (κ3) is 3.47. The minimum atomic E-state index is -0.332. The lowest BCUT2D eigenvalue weighted by Gasteiger charge is -2.38. The largest absolute Gasteiger partial charge is 0.340 e. The maximum atomic E-state index is 13.1. The van der Waals surface area contributed by atoms with E-state index in [-0.39, 0.29) is 29.7 Å². The van der Waals surface area contributed by atoms with Crippen molar-refractivity contribution in [3.8, 4) is 11.6 Å². The highest BCUT2D eigenvalue weighted by Gasteiger charge is 2.40. The Bertz CT molecular complexity index is 1000. The number of carbonyl (C=O) groups excluding carboxylic acids is 1. The molecule has 2 fully saturated rings. The molecule has 9 nitrogen and oxygen atoms in total. The van der Waals surface area contributed by atoms with Crippen molar-refractivity contribution in [2.24, 2.45) is 0 Å². The number of likely N-dealkylation sites (tertiary alicyclic amines) is 1. The van der Waals surface area contributed by atoms with Gasteiger partial charge in [0.1, 0.15) is 11.9 Å². The number of carbonyl (C=O) groups is 1. The molecule has 148 valence electrons. The molecule has 2 saturated heterocycles. The summed E-state index contributed by atoms with van der Waals surface area (Å²) in [5, 5.41) is 3.92. The third-order valence-electron chi connectivity index (χ3n) is 5.22. The number of hydrogen-bond donors (Lipinski definition) is 2. The molecule has 2 aliphatic heterocycles. The van der Waals surface area contributed by atoms with Crippen LogP contribution in [0, 0.1) is 5.82 Å².